The Morgan fingerprint density at radius 2 is 2.12 bits per heavy atom. The molecule has 1 aliphatic carbocycles. The van der Waals surface area contributed by atoms with Crippen molar-refractivity contribution in [3.63, 3.8) is 0 Å². The van der Waals surface area contributed by atoms with Gasteiger partial charge in [-0.25, -0.2) is 0 Å². The second-order valence-corrected chi connectivity index (χ2v) is 5.12. The first-order chi connectivity index (χ1) is 7.83. The third kappa shape index (κ3) is 2.97. The molecule has 1 aliphatic heterocycles. The van der Waals surface area contributed by atoms with E-state index in [2.05, 4.69) is 17.1 Å². The molecule has 0 aromatic carbocycles. The Balaban J connectivity index is 1.87. The highest BCUT2D eigenvalue weighted by Crippen LogP contribution is 2.28. The maximum Gasteiger partial charge on any atom is 0.239 e. The summed E-state index contributed by atoms with van der Waals surface area (Å²) in [6.07, 6.45) is 8.24. The lowest BCUT2D eigenvalue weighted by Gasteiger charge is -2.30. The summed E-state index contributed by atoms with van der Waals surface area (Å²) in [6, 6.07) is 0.689. The van der Waals surface area contributed by atoms with Crippen molar-refractivity contribution in [2.24, 2.45) is 0 Å². The van der Waals surface area contributed by atoms with E-state index in [1.54, 1.807) is 0 Å². The molecule has 1 saturated heterocycles. The Kier molecular flexibility index (Phi) is 4.22. The van der Waals surface area contributed by atoms with Gasteiger partial charge in [0.25, 0.3) is 0 Å². The van der Waals surface area contributed by atoms with Crippen molar-refractivity contribution in [2.45, 2.75) is 64.0 Å². The van der Waals surface area contributed by atoms with Crippen molar-refractivity contribution < 1.29 is 4.79 Å². The van der Waals surface area contributed by atoms with Gasteiger partial charge in [0, 0.05) is 12.6 Å². The molecule has 0 bridgehead atoms. The van der Waals surface area contributed by atoms with Crippen molar-refractivity contribution in [3.05, 3.63) is 0 Å². The molecule has 2 fully saturated rings. The summed E-state index contributed by atoms with van der Waals surface area (Å²) in [5, 5.41) is 3.37. The number of hydrogen-bond donors (Lipinski definition) is 1. The maximum absolute atomic E-state index is 12.3. The molecule has 92 valence electrons. The number of hydrogen-bond acceptors (Lipinski definition) is 2. The Hall–Kier alpha value is -0.570. The second-order valence-electron chi connectivity index (χ2n) is 5.12. The van der Waals surface area contributed by atoms with Crippen LogP contribution in [-0.4, -0.2) is 36.0 Å². The molecule has 3 nitrogen and oxygen atoms in total. The molecule has 0 aromatic rings. The summed E-state index contributed by atoms with van der Waals surface area (Å²) >= 11 is 0. The normalized spacial score (nSPS) is 25.4. The van der Waals surface area contributed by atoms with Gasteiger partial charge in [0.1, 0.15) is 0 Å². The smallest absolute Gasteiger partial charge is 0.239 e. The van der Waals surface area contributed by atoms with Gasteiger partial charge in [-0.15, -0.1) is 0 Å². The Morgan fingerprint density at radius 1 is 1.31 bits per heavy atom. The molecule has 1 saturated carbocycles. The van der Waals surface area contributed by atoms with Gasteiger partial charge in [-0.2, -0.15) is 0 Å². The summed E-state index contributed by atoms with van der Waals surface area (Å²) in [4.78, 5) is 14.5. The topological polar surface area (TPSA) is 32.3 Å². The van der Waals surface area contributed by atoms with Crippen LogP contribution in [0, 0.1) is 0 Å². The van der Waals surface area contributed by atoms with Crippen LogP contribution >= 0.6 is 0 Å². The average Bonchev–Trinajstić information content (AvgIpc) is 3.15. The first kappa shape index (κ1) is 11.9. The van der Waals surface area contributed by atoms with Crippen molar-refractivity contribution in [1.29, 1.82) is 0 Å². The molecule has 0 unspecified atom stereocenters. The van der Waals surface area contributed by atoms with Crippen molar-refractivity contribution in [2.75, 3.05) is 13.1 Å². The number of piperidine rings is 1. The first-order valence-corrected chi connectivity index (χ1v) is 6.86. The fourth-order valence-electron chi connectivity index (χ4n) is 2.45. The average molecular weight is 224 g/mol. The monoisotopic (exact) mass is 224 g/mol. The Labute approximate surface area is 98.6 Å². The van der Waals surface area contributed by atoms with E-state index in [4.69, 9.17) is 0 Å². The minimum atomic E-state index is 0.117. The number of amides is 1. The molecular weight excluding hydrogens is 200 g/mol. The maximum atomic E-state index is 12.3. The molecule has 1 heterocycles. The van der Waals surface area contributed by atoms with Gasteiger partial charge in [-0.3, -0.25) is 4.79 Å². The number of carbonyl (C=O) groups is 1. The standard InChI is InChI=1S/C13H24N2O/c1-2-3-10-15(11-7-8-11)13(16)12-6-4-5-9-14-12/h11-12,14H,2-10H2,1H3/t12-/m1/s1. The zero-order valence-electron chi connectivity index (χ0n) is 10.4. The van der Waals surface area contributed by atoms with Crippen LogP contribution in [0.15, 0.2) is 0 Å². The minimum Gasteiger partial charge on any atom is -0.338 e. The largest absolute Gasteiger partial charge is 0.338 e. The fraction of sp³-hybridized carbons (Fsp3) is 0.923. The van der Waals surface area contributed by atoms with E-state index in [1.807, 2.05) is 0 Å². The quantitative estimate of drug-likeness (QED) is 0.774. The van der Waals surface area contributed by atoms with E-state index in [1.165, 1.54) is 32.1 Å². The second kappa shape index (κ2) is 5.67. The van der Waals surface area contributed by atoms with E-state index < -0.39 is 0 Å². The molecule has 1 N–H and O–H groups in total. The van der Waals surface area contributed by atoms with Gasteiger partial charge in [-0.05, 0) is 38.6 Å². The molecule has 2 rings (SSSR count). The molecular formula is C13H24N2O. The molecule has 1 atom stereocenters. The van der Waals surface area contributed by atoms with Crippen LogP contribution in [0.25, 0.3) is 0 Å². The third-order valence-corrected chi connectivity index (χ3v) is 3.63. The molecule has 1 amide bonds. The number of nitrogens with zero attached hydrogens (tertiary/aromatic N) is 1. The summed E-state index contributed by atoms with van der Waals surface area (Å²) < 4.78 is 0. The SMILES string of the molecule is CCCCN(C(=O)[C@H]1CCCCN1)C1CC1. The molecule has 0 aromatic heterocycles. The van der Waals surface area contributed by atoms with Crippen molar-refractivity contribution in [3.8, 4) is 0 Å². The highest BCUT2D eigenvalue weighted by atomic mass is 16.2. The van der Waals surface area contributed by atoms with Gasteiger partial charge in [0.15, 0.2) is 0 Å². The summed E-state index contributed by atoms with van der Waals surface area (Å²) in [7, 11) is 0. The predicted molar refractivity (Wildman–Crippen MR) is 65.3 cm³/mol. The summed E-state index contributed by atoms with van der Waals surface area (Å²) in [5.41, 5.74) is 0. The number of nitrogens with one attached hydrogen (secondary N) is 1. The van der Waals surface area contributed by atoms with Crippen LogP contribution < -0.4 is 5.32 Å². The number of unbranched alkanes of at least 4 members (excludes halogenated alkanes) is 1. The molecule has 3 heteroatoms. The van der Waals surface area contributed by atoms with E-state index in [0.717, 1.165) is 25.9 Å². The van der Waals surface area contributed by atoms with E-state index in [-0.39, 0.29) is 6.04 Å². The van der Waals surface area contributed by atoms with Crippen molar-refractivity contribution >= 4 is 5.91 Å². The number of rotatable bonds is 5. The third-order valence-electron chi connectivity index (χ3n) is 3.63. The van der Waals surface area contributed by atoms with Crippen molar-refractivity contribution in [1.82, 2.24) is 10.2 Å². The van der Waals surface area contributed by atoms with Gasteiger partial charge in [0.05, 0.1) is 6.04 Å². The first-order valence-electron chi connectivity index (χ1n) is 6.86. The van der Waals surface area contributed by atoms with Gasteiger partial charge < -0.3 is 10.2 Å². The van der Waals surface area contributed by atoms with Crippen LogP contribution in [0.3, 0.4) is 0 Å². The zero-order chi connectivity index (χ0) is 11.4. The number of carbonyl (C=O) groups excluding carboxylic acids is 1. The Bertz CT molecular complexity index is 232. The van der Waals surface area contributed by atoms with E-state index in [0.29, 0.717) is 11.9 Å². The fourth-order valence-corrected chi connectivity index (χ4v) is 2.45. The Morgan fingerprint density at radius 3 is 2.69 bits per heavy atom. The lowest BCUT2D eigenvalue weighted by molar-refractivity contribution is -0.134. The molecule has 2 aliphatic rings. The van der Waals surface area contributed by atoms with Gasteiger partial charge in [0.2, 0.25) is 5.91 Å². The van der Waals surface area contributed by atoms with E-state index >= 15 is 0 Å². The van der Waals surface area contributed by atoms with Crippen LogP contribution in [0.2, 0.25) is 0 Å². The summed E-state index contributed by atoms with van der Waals surface area (Å²) in [6.45, 7) is 4.18. The minimum absolute atomic E-state index is 0.117. The molecule has 0 radical (unpaired) electrons. The van der Waals surface area contributed by atoms with Crippen LogP contribution in [-0.2, 0) is 4.79 Å². The molecule has 16 heavy (non-hydrogen) atoms. The lowest BCUT2D eigenvalue weighted by Crippen LogP contribution is -2.49. The van der Waals surface area contributed by atoms with Crippen LogP contribution in [0.4, 0.5) is 0 Å². The highest BCUT2D eigenvalue weighted by Gasteiger charge is 2.35. The predicted octanol–water partition coefficient (Wildman–Crippen LogP) is 1.92. The van der Waals surface area contributed by atoms with Crippen LogP contribution in [0.5, 0.6) is 0 Å². The van der Waals surface area contributed by atoms with Gasteiger partial charge in [-0.1, -0.05) is 19.8 Å². The van der Waals surface area contributed by atoms with Crippen LogP contribution in [0.1, 0.15) is 51.9 Å². The lowest BCUT2D eigenvalue weighted by atomic mass is 10.0. The van der Waals surface area contributed by atoms with Gasteiger partial charge >= 0.3 is 0 Å². The summed E-state index contributed by atoms with van der Waals surface area (Å²) in [5.74, 6) is 0.371. The highest BCUT2D eigenvalue weighted by molar-refractivity contribution is 5.82. The zero-order valence-corrected chi connectivity index (χ0v) is 10.4. The molecule has 0 spiro atoms. The van der Waals surface area contributed by atoms with E-state index in [9.17, 15) is 4.79 Å².